The number of hydrogen-bond acceptors (Lipinski definition) is 4. The highest BCUT2D eigenvalue weighted by molar-refractivity contribution is 5.85. The Bertz CT molecular complexity index is 871. The van der Waals surface area contributed by atoms with E-state index in [9.17, 15) is 4.79 Å². The summed E-state index contributed by atoms with van der Waals surface area (Å²) in [5.41, 5.74) is 8.14. The second-order valence-electron chi connectivity index (χ2n) is 7.04. The van der Waals surface area contributed by atoms with Gasteiger partial charge in [-0.25, -0.2) is 9.78 Å². The van der Waals surface area contributed by atoms with Crippen LogP contribution in [0.15, 0.2) is 42.2 Å². The molecule has 2 aromatic rings. The van der Waals surface area contributed by atoms with Crippen LogP contribution in [-0.2, 0) is 13.0 Å². The van der Waals surface area contributed by atoms with E-state index in [1.807, 2.05) is 6.07 Å². The first-order valence-electron chi connectivity index (χ1n) is 9.07. The van der Waals surface area contributed by atoms with Gasteiger partial charge in [-0.1, -0.05) is 29.8 Å². The second kappa shape index (κ2) is 6.92. The molecule has 5 nitrogen and oxygen atoms in total. The lowest BCUT2D eigenvalue weighted by Crippen LogP contribution is -2.37. The van der Waals surface area contributed by atoms with Crippen molar-refractivity contribution in [3.8, 4) is 0 Å². The number of nitrogens with zero attached hydrogens (tertiary/aromatic N) is 2. The van der Waals surface area contributed by atoms with Crippen LogP contribution in [0.1, 0.15) is 39.2 Å². The predicted octanol–water partition coefficient (Wildman–Crippen LogP) is 2.85. The van der Waals surface area contributed by atoms with Crippen LogP contribution in [-0.4, -0.2) is 40.6 Å². The number of rotatable bonds is 4. The van der Waals surface area contributed by atoms with Gasteiger partial charge < -0.3 is 15.3 Å². The van der Waals surface area contributed by atoms with Crippen LogP contribution in [0.3, 0.4) is 0 Å². The third-order valence-electron chi connectivity index (χ3n) is 5.24. The minimum absolute atomic E-state index is 0.0966. The molecule has 26 heavy (non-hydrogen) atoms. The van der Waals surface area contributed by atoms with Crippen LogP contribution in [0, 0.1) is 6.92 Å². The zero-order valence-electron chi connectivity index (χ0n) is 15.0. The fourth-order valence-corrected chi connectivity index (χ4v) is 3.86. The van der Waals surface area contributed by atoms with Crippen molar-refractivity contribution < 1.29 is 9.90 Å². The van der Waals surface area contributed by atoms with Crippen LogP contribution in [0.5, 0.6) is 0 Å². The van der Waals surface area contributed by atoms with E-state index in [0.29, 0.717) is 0 Å². The van der Waals surface area contributed by atoms with Gasteiger partial charge in [0.15, 0.2) is 0 Å². The predicted molar refractivity (Wildman–Crippen MR) is 101 cm³/mol. The van der Waals surface area contributed by atoms with Gasteiger partial charge in [0.25, 0.3) is 0 Å². The number of benzene rings is 1. The average molecular weight is 349 g/mol. The highest BCUT2D eigenvalue weighted by Crippen LogP contribution is 2.35. The van der Waals surface area contributed by atoms with Crippen molar-refractivity contribution in [1.82, 2.24) is 15.2 Å². The third kappa shape index (κ3) is 3.22. The Labute approximate surface area is 153 Å². The van der Waals surface area contributed by atoms with Crippen molar-refractivity contribution in [2.24, 2.45) is 0 Å². The minimum atomic E-state index is -0.982. The maximum atomic E-state index is 10.9. The van der Waals surface area contributed by atoms with E-state index in [1.54, 1.807) is 12.3 Å². The fraction of sp³-hybridized carbons (Fsp3) is 0.333. The molecule has 2 aliphatic rings. The van der Waals surface area contributed by atoms with Gasteiger partial charge >= 0.3 is 5.97 Å². The summed E-state index contributed by atoms with van der Waals surface area (Å²) in [4.78, 5) is 17.4. The van der Waals surface area contributed by atoms with Crippen LogP contribution in [0.25, 0.3) is 5.57 Å². The van der Waals surface area contributed by atoms with Gasteiger partial charge in [-0.2, -0.15) is 0 Å². The first-order valence-corrected chi connectivity index (χ1v) is 9.07. The van der Waals surface area contributed by atoms with E-state index in [-0.39, 0.29) is 5.69 Å². The Morgan fingerprint density at radius 3 is 2.96 bits per heavy atom. The topological polar surface area (TPSA) is 65.5 Å². The number of nitrogens with one attached hydrogen (secondary N) is 1. The van der Waals surface area contributed by atoms with Crippen molar-refractivity contribution in [2.45, 2.75) is 26.3 Å². The molecule has 2 N–H and O–H groups in total. The summed E-state index contributed by atoms with van der Waals surface area (Å²) in [6, 6.07) is 10.2. The van der Waals surface area contributed by atoms with E-state index in [1.165, 1.54) is 28.0 Å². The normalized spacial score (nSPS) is 16.3. The summed E-state index contributed by atoms with van der Waals surface area (Å²) in [5.74, 6) is -0.982. The number of aryl methyl sites for hydroxylation is 1. The molecular weight excluding hydrogens is 326 g/mol. The van der Waals surface area contributed by atoms with E-state index >= 15 is 0 Å². The van der Waals surface area contributed by atoms with Gasteiger partial charge in [0.1, 0.15) is 5.69 Å². The number of carbonyl (C=O) groups is 1. The molecule has 0 saturated carbocycles. The number of carboxylic acid groups (broad SMARTS) is 1. The molecule has 5 heteroatoms. The van der Waals surface area contributed by atoms with Crippen molar-refractivity contribution in [3.05, 3.63) is 70.2 Å². The Hall–Kier alpha value is -2.66. The lowest BCUT2D eigenvalue weighted by atomic mass is 9.89. The smallest absolute Gasteiger partial charge is 0.354 e. The number of aromatic carboxylic acids is 1. The Kier molecular flexibility index (Phi) is 4.47. The van der Waals surface area contributed by atoms with Gasteiger partial charge in [0.2, 0.25) is 0 Å². The molecule has 1 aromatic heterocycles. The summed E-state index contributed by atoms with van der Waals surface area (Å²) in [5, 5.41) is 12.5. The zero-order valence-corrected chi connectivity index (χ0v) is 15.0. The van der Waals surface area contributed by atoms with Crippen molar-refractivity contribution in [3.63, 3.8) is 0 Å². The molecule has 0 aliphatic carbocycles. The second-order valence-corrected chi connectivity index (χ2v) is 7.04. The highest BCUT2D eigenvalue weighted by atomic mass is 16.4. The molecule has 3 heterocycles. The number of hydrogen-bond donors (Lipinski definition) is 2. The SMILES string of the molecule is Cc1ccc2c(c1)C1=C(CCNC1)N(CCc1ccc(C(=O)O)nc1)C2. The molecular formula is C21H23N3O2. The zero-order chi connectivity index (χ0) is 18.1. The monoisotopic (exact) mass is 349 g/mol. The lowest BCUT2D eigenvalue weighted by molar-refractivity contribution is 0.0690. The first kappa shape index (κ1) is 16.8. The minimum Gasteiger partial charge on any atom is -0.477 e. The summed E-state index contributed by atoms with van der Waals surface area (Å²) in [6.07, 6.45) is 3.60. The highest BCUT2D eigenvalue weighted by Gasteiger charge is 2.26. The Balaban J connectivity index is 1.55. The Morgan fingerprint density at radius 2 is 2.19 bits per heavy atom. The summed E-state index contributed by atoms with van der Waals surface area (Å²) in [6.45, 7) is 5.95. The number of pyridine rings is 1. The van der Waals surface area contributed by atoms with Gasteiger partial charge in [0, 0.05) is 44.5 Å². The van der Waals surface area contributed by atoms with E-state index < -0.39 is 5.97 Å². The van der Waals surface area contributed by atoms with Crippen LogP contribution >= 0.6 is 0 Å². The summed E-state index contributed by atoms with van der Waals surface area (Å²) in [7, 11) is 0. The van der Waals surface area contributed by atoms with Crippen molar-refractivity contribution in [1.29, 1.82) is 0 Å². The van der Waals surface area contributed by atoms with Gasteiger partial charge in [-0.15, -0.1) is 0 Å². The molecule has 1 aromatic carbocycles. The first-order chi connectivity index (χ1) is 12.6. The molecule has 0 atom stereocenters. The molecule has 0 saturated heterocycles. The number of fused-ring (bicyclic) bond motifs is 2. The molecule has 0 fully saturated rings. The molecule has 4 rings (SSSR count). The van der Waals surface area contributed by atoms with E-state index in [0.717, 1.165) is 44.6 Å². The molecule has 134 valence electrons. The molecule has 0 unspecified atom stereocenters. The molecule has 0 bridgehead atoms. The Morgan fingerprint density at radius 1 is 1.31 bits per heavy atom. The molecule has 0 spiro atoms. The maximum Gasteiger partial charge on any atom is 0.354 e. The van der Waals surface area contributed by atoms with Gasteiger partial charge in [0.05, 0.1) is 0 Å². The van der Waals surface area contributed by atoms with Gasteiger partial charge in [-0.05, 0) is 41.7 Å². The molecule has 0 amide bonds. The quantitative estimate of drug-likeness (QED) is 0.889. The average Bonchev–Trinajstić information content (AvgIpc) is 2.66. The summed E-state index contributed by atoms with van der Waals surface area (Å²) >= 11 is 0. The maximum absolute atomic E-state index is 10.9. The van der Waals surface area contributed by atoms with E-state index in [2.05, 4.69) is 40.3 Å². The number of carboxylic acids is 1. The number of aromatic nitrogens is 1. The lowest BCUT2D eigenvalue weighted by Gasteiger charge is -2.38. The largest absolute Gasteiger partial charge is 0.477 e. The van der Waals surface area contributed by atoms with E-state index in [4.69, 9.17) is 5.11 Å². The van der Waals surface area contributed by atoms with Gasteiger partial charge in [-0.3, -0.25) is 0 Å². The molecule has 2 aliphatic heterocycles. The van der Waals surface area contributed by atoms with Crippen LogP contribution < -0.4 is 5.32 Å². The van der Waals surface area contributed by atoms with Crippen LogP contribution in [0.2, 0.25) is 0 Å². The molecule has 0 radical (unpaired) electrons. The summed E-state index contributed by atoms with van der Waals surface area (Å²) < 4.78 is 0. The van der Waals surface area contributed by atoms with Crippen molar-refractivity contribution >= 4 is 11.5 Å². The fourth-order valence-electron chi connectivity index (χ4n) is 3.86. The van der Waals surface area contributed by atoms with Crippen LogP contribution in [0.4, 0.5) is 0 Å². The van der Waals surface area contributed by atoms with Crippen molar-refractivity contribution in [2.75, 3.05) is 19.6 Å². The standard InChI is InChI=1S/C21H23N3O2/c1-14-2-4-16-13-24(20-6-8-22-12-18(20)17(16)10-14)9-7-15-3-5-19(21(25)26)23-11-15/h2-5,10-11,22H,6-9,12-13H2,1H3,(H,25,26). The third-order valence-corrected chi connectivity index (χ3v) is 5.24.